The molecule has 4 heteroatoms. The number of nitrogens with zero attached hydrogens (tertiary/aromatic N) is 3. The molecule has 2 heterocycles. The van der Waals surface area contributed by atoms with Crippen LogP contribution in [-0.4, -0.2) is 21.0 Å². The second-order valence-electron chi connectivity index (χ2n) is 6.20. The predicted octanol–water partition coefficient (Wildman–Crippen LogP) is 3.41. The van der Waals surface area contributed by atoms with Gasteiger partial charge in [0.15, 0.2) is 5.65 Å². The highest BCUT2D eigenvalue weighted by Crippen LogP contribution is 2.36. The van der Waals surface area contributed by atoms with Crippen LogP contribution in [0.2, 0.25) is 0 Å². The van der Waals surface area contributed by atoms with Crippen molar-refractivity contribution in [3.63, 3.8) is 0 Å². The molecule has 1 unspecified atom stereocenters. The number of aromatic nitrogens is 3. The Labute approximate surface area is 113 Å². The molecule has 0 spiro atoms. The van der Waals surface area contributed by atoms with Crippen LogP contribution in [0.1, 0.15) is 39.5 Å². The summed E-state index contributed by atoms with van der Waals surface area (Å²) in [6.45, 7) is 4.69. The molecule has 0 bridgehead atoms. The zero-order valence-electron chi connectivity index (χ0n) is 11.6. The van der Waals surface area contributed by atoms with Crippen LogP contribution in [0.25, 0.3) is 11.2 Å². The van der Waals surface area contributed by atoms with Gasteiger partial charge in [-0.2, -0.15) is 0 Å². The largest absolute Gasteiger partial charge is 0.367 e. The molecule has 1 atom stereocenters. The first-order valence-corrected chi connectivity index (χ1v) is 6.97. The molecule has 0 saturated heterocycles. The monoisotopic (exact) mass is 256 g/mol. The Bertz CT molecular complexity index is 579. The third-order valence-corrected chi connectivity index (χ3v) is 3.89. The van der Waals surface area contributed by atoms with Crippen molar-refractivity contribution in [2.45, 2.75) is 45.6 Å². The predicted molar refractivity (Wildman–Crippen MR) is 77.0 cm³/mol. The van der Waals surface area contributed by atoms with Crippen LogP contribution in [0.4, 0.5) is 5.82 Å². The van der Waals surface area contributed by atoms with Gasteiger partial charge in [-0.15, -0.1) is 0 Å². The fourth-order valence-electron chi connectivity index (χ4n) is 2.97. The number of hydrogen-bond donors (Lipinski definition) is 1. The fraction of sp³-hybridized carbons (Fsp3) is 0.533. The van der Waals surface area contributed by atoms with Crippen LogP contribution in [0, 0.1) is 5.41 Å². The molecule has 1 aliphatic carbocycles. The molecule has 0 amide bonds. The van der Waals surface area contributed by atoms with E-state index < -0.39 is 0 Å². The quantitative estimate of drug-likeness (QED) is 0.894. The fourth-order valence-corrected chi connectivity index (χ4v) is 2.97. The van der Waals surface area contributed by atoms with E-state index in [-0.39, 0.29) is 0 Å². The van der Waals surface area contributed by atoms with Crippen molar-refractivity contribution in [1.29, 1.82) is 0 Å². The Balaban J connectivity index is 1.77. The summed E-state index contributed by atoms with van der Waals surface area (Å²) in [5, 5.41) is 3.55. The van der Waals surface area contributed by atoms with Gasteiger partial charge >= 0.3 is 0 Å². The lowest BCUT2D eigenvalue weighted by Crippen LogP contribution is -2.32. The Morgan fingerprint density at radius 3 is 2.89 bits per heavy atom. The van der Waals surface area contributed by atoms with Gasteiger partial charge in [-0.3, -0.25) is 4.98 Å². The maximum absolute atomic E-state index is 4.53. The molecule has 2 aromatic heterocycles. The third kappa shape index (κ3) is 2.83. The van der Waals surface area contributed by atoms with Gasteiger partial charge in [-0.1, -0.05) is 20.3 Å². The number of pyridine rings is 1. The highest BCUT2D eigenvalue weighted by molar-refractivity contribution is 5.71. The normalized spacial score (nSPS) is 22.3. The molecule has 1 saturated carbocycles. The van der Waals surface area contributed by atoms with E-state index in [9.17, 15) is 0 Å². The van der Waals surface area contributed by atoms with Crippen LogP contribution in [-0.2, 0) is 0 Å². The van der Waals surface area contributed by atoms with Gasteiger partial charge in [0.05, 0.1) is 0 Å². The van der Waals surface area contributed by atoms with Crippen molar-refractivity contribution >= 4 is 17.0 Å². The summed E-state index contributed by atoms with van der Waals surface area (Å²) < 4.78 is 0. The summed E-state index contributed by atoms with van der Waals surface area (Å²) in [6, 6.07) is 4.50. The second-order valence-corrected chi connectivity index (χ2v) is 6.20. The number of hydrogen-bond acceptors (Lipinski definition) is 4. The second kappa shape index (κ2) is 4.76. The minimum absolute atomic E-state index is 0.437. The van der Waals surface area contributed by atoms with E-state index in [1.807, 2.05) is 12.1 Å². The SMILES string of the molecule is CC1(C)CCCC(Nc2ccc3nccnc3n2)C1. The van der Waals surface area contributed by atoms with E-state index in [4.69, 9.17) is 0 Å². The van der Waals surface area contributed by atoms with Crippen molar-refractivity contribution in [2.75, 3.05) is 5.32 Å². The zero-order valence-corrected chi connectivity index (χ0v) is 11.6. The van der Waals surface area contributed by atoms with Crippen LogP contribution >= 0.6 is 0 Å². The summed E-state index contributed by atoms with van der Waals surface area (Å²) in [5.74, 6) is 0.913. The van der Waals surface area contributed by atoms with Crippen molar-refractivity contribution in [3.05, 3.63) is 24.5 Å². The van der Waals surface area contributed by atoms with Crippen molar-refractivity contribution in [2.24, 2.45) is 5.41 Å². The summed E-state index contributed by atoms with van der Waals surface area (Å²) >= 11 is 0. The number of fused-ring (bicyclic) bond motifs is 1. The molecule has 1 N–H and O–H groups in total. The van der Waals surface area contributed by atoms with E-state index in [1.165, 1.54) is 25.7 Å². The molecule has 1 fully saturated rings. The van der Waals surface area contributed by atoms with Crippen LogP contribution in [0.15, 0.2) is 24.5 Å². The summed E-state index contributed by atoms with van der Waals surface area (Å²) in [7, 11) is 0. The Hall–Kier alpha value is -1.71. The highest BCUT2D eigenvalue weighted by atomic mass is 15.0. The lowest BCUT2D eigenvalue weighted by molar-refractivity contribution is 0.229. The molecule has 0 aromatic carbocycles. The maximum atomic E-state index is 4.53. The van der Waals surface area contributed by atoms with E-state index >= 15 is 0 Å². The van der Waals surface area contributed by atoms with E-state index in [0.29, 0.717) is 17.1 Å². The van der Waals surface area contributed by atoms with Gasteiger partial charge < -0.3 is 5.32 Å². The first-order valence-electron chi connectivity index (χ1n) is 6.97. The van der Waals surface area contributed by atoms with Gasteiger partial charge in [-0.05, 0) is 36.8 Å². The Morgan fingerprint density at radius 2 is 2.05 bits per heavy atom. The molecular weight excluding hydrogens is 236 g/mol. The zero-order chi connectivity index (χ0) is 13.3. The standard InChI is InChI=1S/C15H20N4/c1-15(2)7-3-4-11(10-15)18-13-6-5-12-14(19-13)17-9-8-16-12/h5-6,8-9,11H,3-4,7,10H2,1-2H3,(H,17,18,19). The van der Waals surface area contributed by atoms with Gasteiger partial charge in [0.25, 0.3) is 0 Å². The van der Waals surface area contributed by atoms with Gasteiger partial charge in [0.2, 0.25) is 0 Å². The molecule has 1 aliphatic rings. The van der Waals surface area contributed by atoms with Crippen molar-refractivity contribution in [3.8, 4) is 0 Å². The first-order chi connectivity index (χ1) is 9.12. The van der Waals surface area contributed by atoms with Crippen molar-refractivity contribution in [1.82, 2.24) is 15.0 Å². The third-order valence-electron chi connectivity index (χ3n) is 3.89. The van der Waals surface area contributed by atoms with Crippen molar-refractivity contribution < 1.29 is 0 Å². The number of rotatable bonds is 2. The average molecular weight is 256 g/mol. The van der Waals surface area contributed by atoms with E-state index in [1.54, 1.807) is 12.4 Å². The van der Waals surface area contributed by atoms with Crippen LogP contribution in [0.5, 0.6) is 0 Å². The van der Waals surface area contributed by atoms with Crippen LogP contribution < -0.4 is 5.32 Å². The molecule has 0 aliphatic heterocycles. The molecule has 4 nitrogen and oxygen atoms in total. The molecule has 2 aromatic rings. The Kier molecular flexibility index (Phi) is 3.09. The first kappa shape index (κ1) is 12.3. The molecule has 100 valence electrons. The number of anilines is 1. The van der Waals surface area contributed by atoms with Gasteiger partial charge in [-0.25, -0.2) is 9.97 Å². The summed E-state index contributed by atoms with van der Waals surface area (Å²) in [5.41, 5.74) is 1.99. The molecule has 19 heavy (non-hydrogen) atoms. The lowest BCUT2D eigenvalue weighted by atomic mass is 9.75. The lowest BCUT2D eigenvalue weighted by Gasteiger charge is -2.35. The summed E-state index contributed by atoms with van der Waals surface area (Å²) in [4.78, 5) is 13.0. The minimum atomic E-state index is 0.437. The smallest absolute Gasteiger partial charge is 0.180 e. The topological polar surface area (TPSA) is 50.7 Å². The van der Waals surface area contributed by atoms with Crippen LogP contribution in [0.3, 0.4) is 0 Å². The maximum Gasteiger partial charge on any atom is 0.180 e. The van der Waals surface area contributed by atoms with Gasteiger partial charge in [0.1, 0.15) is 11.3 Å². The summed E-state index contributed by atoms with van der Waals surface area (Å²) in [6.07, 6.45) is 8.42. The average Bonchev–Trinajstić information content (AvgIpc) is 2.37. The van der Waals surface area contributed by atoms with E-state index in [2.05, 4.69) is 34.1 Å². The number of nitrogens with one attached hydrogen (secondary N) is 1. The van der Waals surface area contributed by atoms with Gasteiger partial charge in [0, 0.05) is 18.4 Å². The Morgan fingerprint density at radius 1 is 1.21 bits per heavy atom. The van der Waals surface area contributed by atoms with E-state index in [0.717, 1.165) is 11.3 Å². The highest BCUT2D eigenvalue weighted by Gasteiger charge is 2.27. The molecular formula is C15H20N4. The molecule has 0 radical (unpaired) electrons. The minimum Gasteiger partial charge on any atom is -0.367 e. The molecule has 3 rings (SSSR count).